The van der Waals surface area contributed by atoms with Crippen LogP contribution in [0.1, 0.15) is 124 Å². The summed E-state index contributed by atoms with van der Waals surface area (Å²) in [4.78, 5) is 59.5. The Morgan fingerprint density at radius 1 is 1.05 bits per heavy atom. The van der Waals surface area contributed by atoms with Gasteiger partial charge in [-0.05, 0) is 104 Å². The Hall–Kier alpha value is -4.61. The molecule has 2 aromatic rings. The predicted octanol–water partition coefficient (Wildman–Crippen LogP) is 7.93. The number of rotatable bonds is 10. The normalized spacial score (nSPS) is 26.2. The fourth-order valence-corrected chi connectivity index (χ4v) is 9.20. The number of amides is 3. The second-order valence-corrected chi connectivity index (χ2v) is 20.8. The van der Waals surface area contributed by atoms with Gasteiger partial charge in [0.05, 0.1) is 29.5 Å². The van der Waals surface area contributed by atoms with E-state index in [4.69, 9.17) is 18.9 Å². The van der Waals surface area contributed by atoms with Crippen molar-refractivity contribution in [2.24, 2.45) is 17.8 Å². The molecule has 14 nitrogen and oxygen atoms in total. The fraction of sp³-hybridized carbons (Fsp3) is 0.667. The van der Waals surface area contributed by atoms with Gasteiger partial charge in [0.1, 0.15) is 22.6 Å². The number of alkyl halides is 3. The van der Waals surface area contributed by atoms with Crippen molar-refractivity contribution in [1.82, 2.24) is 20.3 Å². The number of hydrogen-bond acceptors (Lipinski definition) is 11. The molecule has 350 valence electrons. The molecule has 3 N–H and O–H groups in total. The number of sulfonamides is 1. The highest BCUT2D eigenvalue weighted by molar-refractivity contribution is 7.91. The molecule has 5 rings (SSSR count). The van der Waals surface area contributed by atoms with Crippen LogP contribution in [0.5, 0.6) is 17.4 Å². The van der Waals surface area contributed by atoms with Crippen LogP contribution < -0.4 is 29.6 Å². The van der Waals surface area contributed by atoms with Gasteiger partial charge in [0.15, 0.2) is 12.4 Å². The maximum Gasteiger partial charge on any atom is 0.422 e. The van der Waals surface area contributed by atoms with Crippen LogP contribution >= 0.6 is 0 Å². The number of benzene rings is 1. The van der Waals surface area contributed by atoms with Gasteiger partial charge < -0.3 is 29.6 Å². The predicted molar refractivity (Wildman–Crippen MR) is 230 cm³/mol. The van der Waals surface area contributed by atoms with E-state index < -0.39 is 80.6 Å². The third kappa shape index (κ3) is 13.0. The molecule has 63 heavy (non-hydrogen) atoms. The molecule has 1 aromatic carbocycles. The van der Waals surface area contributed by atoms with Crippen LogP contribution in [0.25, 0.3) is 10.9 Å². The molecule has 3 aliphatic rings. The molecule has 1 aromatic heterocycles. The summed E-state index contributed by atoms with van der Waals surface area (Å²) in [6, 6.07) is 3.74. The number of halogens is 3. The lowest BCUT2D eigenvalue weighted by Crippen LogP contribution is -2.54. The lowest BCUT2D eigenvalue weighted by atomic mass is 9.87. The van der Waals surface area contributed by atoms with Crippen molar-refractivity contribution in [3.63, 3.8) is 0 Å². The van der Waals surface area contributed by atoms with Crippen LogP contribution in [0.3, 0.4) is 0 Å². The largest absolute Gasteiger partial charge is 0.496 e. The van der Waals surface area contributed by atoms with Gasteiger partial charge in [0.25, 0.3) is 5.91 Å². The summed E-state index contributed by atoms with van der Waals surface area (Å²) >= 11 is 0. The first kappa shape index (κ1) is 49.4. The number of pyridine rings is 1. The third-order valence-corrected chi connectivity index (χ3v) is 14.3. The van der Waals surface area contributed by atoms with E-state index in [2.05, 4.69) is 20.3 Å². The van der Waals surface area contributed by atoms with Gasteiger partial charge in [-0.3, -0.25) is 19.1 Å². The molecule has 2 heterocycles. The van der Waals surface area contributed by atoms with Crippen LogP contribution in [0, 0.1) is 24.7 Å². The average Bonchev–Trinajstić information content (AvgIpc) is 4.11. The van der Waals surface area contributed by atoms with Gasteiger partial charge in [-0.25, -0.2) is 18.2 Å². The Morgan fingerprint density at radius 2 is 1.76 bits per heavy atom. The highest BCUT2D eigenvalue weighted by Gasteiger charge is 2.62. The summed E-state index contributed by atoms with van der Waals surface area (Å²) in [5.74, 6) is -3.05. The minimum Gasteiger partial charge on any atom is -0.496 e. The summed E-state index contributed by atoms with van der Waals surface area (Å²) < 4.78 is 90.4. The molecule has 2 saturated carbocycles. The number of nitrogens with zero attached hydrogens (tertiary/aromatic N) is 1. The van der Waals surface area contributed by atoms with Gasteiger partial charge in [-0.2, -0.15) is 13.2 Å². The van der Waals surface area contributed by atoms with E-state index in [9.17, 15) is 40.8 Å². The van der Waals surface area contributed by atoms with Crippen molar-refractivity contribution in [3.05, 3.63) is 35.9 Å². The topological polar surface area (TPSA) is 188 Å². The number of hydrogen-bond donors (Lipinski definition) is 3. The molecule has 3 amide bonds. The van der Waals surface area contributed by atoms with Crippen LogP contribution in [-0.2, 0) is 29.1 Å². The summed E-state index contributed by atoms with van der Waals surface area (Å²) in [7, 11) is -2.57. The number of allylic oxidation sites excluding steroid dienone is 1. The molecule has 0 saturated heterocycles. The summed E-state index contributed by atoms with van der Waals surface area (Å²) in [5, 5.41) is 6.10. The monoisotopic (exact) mass is 908 g/mol. The highest BCUT2D eigenvalue weighted by atomic mass is 32.2. The Balaban J connectivity index is 1.52. The number of methoxy groups -OCH3 is 1. The van der Waals surface area contributed by atoms with Crippen molar-refractivity contribution in [3.8, 4) is 17.4 Å². The second-order valence-electron chi connectivity index (χ2n) is 18.6. The number of Topliss-reactive ketones (excluding diaryl/α,β-unsaturated/α-hetero) is 1. The van der Waals surface area contributed by atoms with Gasteiger partial charge >= 0.3 is 12.3 Å². The van der Waals surface area contributed by atoms with Crippen molar-refractivity contribution in [1.29, 1.82) is 0 Å². The summed E-state index contributed by atoms with van der Waals surface area (Å²) in [6.45, 7) is 10.4. The third-order valence-electron chi connectivity index (χ3n) is 12.2. The fourth-order valence-electron chi connectivity index (χ4n) is 7.89. The van der Waals surface area contributed by atoms with Crippen molar-refractivity contribution in [2.75, 3.05) is 13.7 Å². The van der Waals surface area contributed by atoms with Crippen molar-refractivity contribution in [2.45, 2.75) is 160 Å². The number of alkyl carbamates (subject to hydrolysis) is 1. The molecule has 2 fully saturated rings. The van der Waals surface area contributed by atoms with Gasteiger partial charge in [0, 0.05) is 35.3 Å². The first-order valence-electron chi connectivity index (χ1n) is 21.8. The van der Waals surface area contributed by atoms with Gasteiger partial charge in [0.2, 0.25) is 21.8 Å². The standard InChI is InChI=1S/C45H63F3N4O10S/c1-9-29-22-31(61-36-24-37(60-26-45(46,47)48)50-38-28(3)35(59-8)18-17-32(36)38)21-27(2)39(54)51-44(40(55)52-63(57,58)43(7)19-20-43)25-30(44)15-13-11-10-12-14-16-33(34(53)23-29)49-41(56)62-42(4,5)6/h13,15,17-18,24,27,29-31,33H,9-12,14,16,19-23,25-26H2,1-8H3,(H,49,56)(H,51,54)(H,52,55). The Bertz CT molecular complexity index is 2150. The second kappa shape index (κ2) is 19.6. The van der Waals surface area contributed by atoms with Crippen LogP contribution in [0.4, 0.5) is 18.0 Å². The van der Waals surface area contributed by atoms with Crippen LogP contribution in [0.15, 0.2) is 30.4 Å². The van der Waals surface area contributed by atoms with E-state index in [-0.39, 0.29) is 54.5 Å². The Morgan fingerprint density at radius 3 is 2.40 bits per heavy atom. The zero-order valence-corrected chi connectivity index (χ0v) is 38.4. The van der Waals surface area contributed by atoms with E-state index in [1.807, 2.05) is 19.1 Å². The van der Waals surface area contributed by atoms with E-state index >= 15 is 0 Å². The minimum absolute atomic E-state index is 0.0163. The first-order chi connectivity index (χ1) is 29.4. The molecular weight excluding hydrogens is 846 g/mol. The number of ether oxygens (including phenoxy) is 4. The Labute approximate surface area is 368 Å². The van der Waals surface area contributed by atoms with E-state index in [0.717, 1.165) is 12.8 Å². The first-order valence-corrected chi connectivity index (χ1v) is 23.3. The molecule has 2 aliphatic carbocycles. The average molecular weight is 909 g/mol. The number of fused-ring (bicyclic) bond motifs is 2. The number of aromatic nitrogens is 1. The maximum absolute atomic E-state index is 14.2. The van der Waals surface area contributed by atoms with Gasteiger partial charge in [-0.15, -0.1) is 0 Å². The molecule has 18 heteroatoms. The number of ketones is 1. The smallest absolute Gasteiger partial charge is 0.422 e. The van der Waals surface area contributed by atoms with E-state index in [0.29, 0.717) is 55.2 Å². The van der Waals surface area contributed by atoms with Gasteiger partial charge in [-0.1, -0.05) is 45.3 Å². The van der Waals surface area contributed by atoms with E-state index in [1.54, 1.807) is 53.7 Å². The van der Waals surface area contributed by atoms with Crippen LogP contribution in [-0.4, -0.2) is 85.0 Å². The maximum atomic E-state index is 14.2. The SMILES string of the molecule is CCC1CC(=O)C(NC(=O)OC(C)(C)C)CCCCCC=CC2CC2(C(=O)NS(=O)(=O)C2(C)CC2)NC(=O)C(C)CC(Oc2cc(OCC(F)(F)F)nc3c(C)c(OC)ccc23)C1. The minimum atomic E-state index is -4.66. The molecule has 6 unspecified atom stereocenters. The molecule has 0 spiro atoms. The molecule has 0 bridgehead atoms. The number of aryl methyl sites for hydroxylation is 1. The Kier molecular flexibility index (Phi) is 15.4. The molecule has 0 radical (unpaired) electrons. The molecule has 1 aliphatic heterocycles. The van der Waals surface area contributed by atoms with E-state index in [1.165, 1.54) is 13.2 Å². The lowest BCUT2D eigenvalue weighted by molar-refractivity contribution is -0.154. The van der Waals surface area contributed by atoms with Crippen molar-refractivity contribution >= 4 is 44.6 Å². The number of nitrogens with one attached hydrogen (secondary N) is 3. The summed E-state index contributed by atoms with van der Waals surface area (Å²) in [6.07, 6.45) is 2.31. The zero-order valence-electron chi connectivity index (χ0n) is 37.5. The highest BCUT2D eigenvalue weighted by Crippen LogP contribution is 2.47. The van der Waals surface area contributed by atoms with Crippen molar-refractivity contribution < 1.29 is 59.7 Å². The van der Waals surface area contributed by atoms with Crippen LogP contribution in [0.2, 0.25) is 0 Å². The lowest BCUT2D eigenvalue weighted by Gasteiger charge is -2.29. The number of carbonyl (C=O) groups is 4. The number of carbonyl (C=O) groups excluding carboxylic acids is 4. The zero-order chi connectivity index (χ0) is 46.5. The summed E-state index contributed by atoms with van der Waals surface area (Å²) in [5.41, 5.74) is -1.53. The molecule has 6 atom stereocenters. The molecular formula is C45H63F3N4O10S. The quantitative estimate of drug-likeness (QED) is 0.197.